The van der Waals surface area contributed by atoms with Gasteiger partial charge in [0.15, 0.2) is 10.3 Å². The monoisotopic (exact) mass is 473 g/mol. The third-order valence-electron chi connectivity index (χ3n) is 5.35. The van der Waals surface area contributed by atoms with Crippen molar-refractivity contribution >= 4 is 15.7 Å². The van der Waals surface area contributed by atoms with Crippen LogP contribution in [0.1, 0.15) is 41.8 Å². The van der Waals surface area contributed by atoms with Crippen molar-refractivity contribution in [3.05, 3.63) is 65.4 Å². The van der Waals surface area contributed by atoms with Crippen LogP contribution in [0.2, 0.25) is 0 Å². The number of hydrogen-bond donors (Lipinski definition) is 1. The number of aryl methyl sites for hydroxylation is 1. The second-order valence-corrected chi connectivity index (χ2v) is 10.5. The van der Waals surface area contributed by atoms with E-state index in [-0.39, 0.29) is 22.1 Å². The van der Waals surface area contributed by atoms with Crippen molar-refractivity contribution in [1.82, 2.24) is 19.7 Å². The standard InChI is InChI=1S/C23H28FN5O3S/c1-14(2)18-10-16(24)11-19(15-6-8-26-9-7-15)21(18)22(23(25)30)33(31,32)20-12-17(13-28(3)4)29(5)27-20/h6-12,14,22H,13H2,1-5H3,(H2,25,30). The summed E-state index contributed by atoms with van der Waals surface area (Å²) in [7, 11) is 0.981. The van der Waals surface area contributed by atoms with Crippen molar-refractivity contribution in [3.63, 3.8) is 0 Å². The van der Waals surface area contributed by atoms with Crippen LogP contribution in [-0.4, -0.2) is 48.1 Å². The van der Waals surface area contributed by atoms with Gasteiger partial charge in [-0.25, -0.2) is 12.8 Å². The van der Waals surface area contributed by atoms with Crippen molar-refractivity contribution in [1.29, 1.82) is 0 Å². The molecule has 3 rings (SSSR count). The zero-order valence-electron chi connectivity index (χ0n) is 19.3. The largest absolute Gasteiger partial charge is 0.368 e. The molecule has 0 bridgehead atoms. The van der Waals surface area contributed by atoms with Crippen molar-refractivity contribution in [2.45, 2.75) is 36.6 Å². The summed E-state index contributed by atoms with van der Waals surface area (Å²) < 4.78 is 43.6. The van der Waals surface area contributed by atoms with Crippen molar-refractivity contribution in [2.24, 2.45) is 12.8 Å². The van der Waals surface area contributed by atoms with E-state index in [9.17, 15) is 17.6 Å². The van der Waals surface area contributed by atoms with E-state index in [4.69, 9.17) is 5.73 Å². The minimum Gasteiger partial charge on any atom is -0.368 e. The third kappa shape index (κ3) is 4.96. The minimum atomic E-state index is -4.35. The van der Waals surface area contributed by atoms with Crippen LogP contribution in [0, 0.1) is 5.82 Å². The van der Waals surface area contributed by atoms with E-state index >= 15 is 0 Å². The highest BCUT2D eigenvalue weighted by Crippen LogP contribution is 2.40. The highest BCUT2D eigenvalue weighted by molar-refractivity contribution is 7.92. The Morgan fingerprint density at radius 1 is 1.18 bits per heavy atom. The maximum atomic E-state index is 14.6. The number of carbonyl (C=O) groups is 1. The highest BCUT2D eigenvalue weighted by Gasteiger charge is 2.40. The molecule has 1 aromatic carbocycles. The van der Waals surface area contributed by atoms with Gasteiger partial charge < -0.3 is 10.6 Å². The Labute approximate surface area is 193 Å². The van der Waals surface area contributed by atoms with Gasteiger partial charge in [0.05, 0.1) is 5.69 Å². The Morgan fingerprint density at radius 2 is 1.82 bits per heavy atom. The number of benzene rings is 1. The summed E-state index contributed by atoms with van der Waals surface area (Å²) in [4.78, 5) is 18.6. The number of amides is 1. The van der Waals surface area contributed by atoms with E-state index in [1.54, 1.807) is 33.0 Å². The molecule has 3 aromatic rings. The molecule has 0 aliphatic rings. The number of primary amides is 1. The second kappa shape index (κ2) is 9.40. The van der Waals surface area contributed by atoms with E-state index in [0.29, 0.717) is 23.4 Å². The van der Waals surface area contributed by atoms with Crippen LogP contribution in [0.15, 0.2) is 47.8 Å². The van der Waals surface area contributed by atoms with Gasteiger partial charge in [-0.05, 0) is 72.6 Å². The molecule has 0 saturated carbocycles. The number of nitrogens with two attached hydrogens (primary N) is 1. The van der Waals surface area contributed by atoms with Crippen LogP contribution < -0.4 is 5.73 Å². The Balaban J connectivity index is 2.31. The van der Waals surface area contributed by atoms with E-state index < -0.39 is 26.8 Å². The molecule has 8 nitrogen and oxygen atoms in total. The van der Waals surface area contributed by atoms with Gasteiger partial charge in [0.1, 0.15) is 5.82 Å². The molecule has 10 heteroatoms. The lowest BCUT2D eigenvalue weighted by atomic mass is 9.88. The SMILES string of the molecule is CC(C)c1cc(F)cc(-c2ccncc2)c1C(C(N)=O)S(=O)(=O)c1cc(CN(C)C)n(C)n1. The third-order valence-corrected chi connectivity index (χ3v) is 7.22. The summed E-state index contributed by atoms with van der Waals surface area (Å²) in [5.74, 6) is -1.87. The Hall–Kier alpha value is -3.11. The van der Waals surface area contributed by atoms with Gasteiger partial charge in [0, 0.05) is 26.0 Å². The quantitative estimate of drug-likeness (QED) is 0.539. The fourth-order valence-electron chi connectivity index (χ4n) is 3.84. The molecule has 0 saturated heterocycles. The molecule has 0 fully saturated rings. The van der Waals surface area contributed by atoms with Gasteiger partial charge in [-0.15, -0.1) is 0 Å². The molecule has 1 atom stereocenters. The molecular weight excluding hydrogens is 445 g/mol. The van der Waals surface area contributed by atoms with Gasteiger partial charge in [0.25, 0.3) is 0 Å². The number of carbonyl (C=O) groups excluding carboxylic acids is 1. The highest BCUT2D eigenvalue weighted by atomic mass is 32.2. The fourth-order valence-corrected chi connectivity index (χ4v) is 5.50. The first-order valence-electron chi connectivity index (χ1n) is 10.4. The van der Waals surface area contributed by atoms with E-state index in [1.165, 1.54) is 35.3 Å². The smallest absolute Gasteiger partial charge is 0.240 e. The number of rotatable bonds is 8. The lowest BCUT2D eigenvalue weighted by Crippen LogP contribution is -2.30. The normalized spacial score (nSPS) is 13.0. The molecule has 0 radical (unpaired) electrons. The van der Waals surface area contributed by atoms with Gasteiger partial charge in [-0.2, -0.15) is 5.10 Å². The van der Waals surface area contributed by atoms with Crippen molar-refractivity contribution in [2.75, 3.05) is 14.1 Å². The molecule has 176 valence electrons. The maximum Gasteiger partial charge on any atom is 0.240 e. The molecule has 1 unspecified atom stereocenters. The molecular formula is C23H28FN5O3S. The summed E-state index contributed by atoms with van der Waals surface area (Å²) in [6.07, 6.45) is 3.03. The molecule has 2 heterocycles. The first kappa shape index (κ1) is 24.5. The first-order valence-corrected chi connectivity index (χ1v) is 11.9. The van der Waals surface area contributed by atoms with E-state index in [2.05, 4.69) is 10.1 Å². The summed E-state index contributed by atoms with van der Waals surface area (Å²) >= 11 is 0. The zero-order chi connectivity index (χ0) is 24.5. The van der Waals surface area contributed by atoms with Gasteiger partial charge >= 0.3 is 0 Å². The molecule has 0 aliphatic carbocycles. The lowest BCUT2D eigenvalue weighted by molar-refractivity contribution is -0.117. The molecule has 2 aromatic heterocycles. The zero-order valence-corrected chi connectivity index (χ0v) is 20.1. The predicted octanol–water partition coefficient (Wildman–Crippen LogP) is 2.81. The lowest BCUT2D eigenvalue weighted by Gasteiger charge is -2.23. The molecule has 0 spiro atoms. The molecule has 0 aliphatic heterocycles. The van der Waals surface area contributed by atoms with Gasteiger partial charge in [-0.1, -0.05) is 13.8 Å². The van der Waals surface area contributed by atoms with Crippen LogP contribution in [-0.2, 0) is 28.2 Å². The number of aromatic nitrogens is 3. The molecule has 33 heavy (non-hydrogen) atoms. The summed E-state index contributed by atoms with van der Waals surface area (Å²) in [6.45, 7) is 4.06. The Kier molecular flexibility index (Phi) is 6.99. The van der Waals surface area contributed by atoms with Crippen LogP contribution in [0.4, 0.5) is 4.39 Å². The molecule has 2 N–H and O–H groups in total. The number of hydrogen-bond acceptors (Lipinski definition) is 6. The summed E-state index contributed by atoms with van der Waals surface area (Å²) in [5, 5.41) is 2.16. The van der Waals surface area contributed by atoms with Crippen LogP contribution >= 0.6 is 0 Å². The number of nitrogens with zero attached hydrogens (tertiary/aromatic N) is 4. The minimum absolute atomic E-state index is 0.157. The van der Waals surface area contributed by atoms with Crippen molar-refractivity contribution < 1.29 is 17.6 Å². The molecule has 1 amide bonds. The van der Waals surface area contributed by atoms with Crippen LogP contribution in [0.5, 0.6) is 0 Å². The Bertz CT molecular complexity index is 1270. The first-order chi connectivity index (χ1) is 15.4. The van der Waals surface area contributed by atoms with Crippen LogP contribution in [0.3, 0.4) is 0 Å². The van der Waals surface area contributed by atoms with Crippen molar-refractivity contribution in [3.8, 4) is 11.1 Å². The Morgan fingerprint density at radius 3 is 2.36 bits per heavy atom. The second-order valence-electron chi connectivity index (χ2n) is 8.51. The predicted molar refractivity (Wildman–Crippen MR) is 123 cm³/mol. The topological polar surface area (TPSA) is 111 Å². The maximum absolute atomic E-state index is 14.6. The summed E-state index contributed by atoms with van der Waals surface area (Å²) in [6, 6.07) is 7.17. The number of pyridine rings is 1. The summed E-state index contributed by atoms with van der Waals surface area (Å²) in [5.41, 5.74) is 7.70. The number of halogens is 1. The number of sulfone groups is 1. The van der Waals surface area contributed by atoms with E-state index in [1.807, 2.05) is 19.0 Å². The van der Waals surface area contributed by atoms with Gasteiger partial charge in [0.2, 0.25) is 15.7 Å². The average molecular weight is 474 g/mol. The average Bonchev–Trinajstić information content (AvgIpc) is 3.09. The van der Waals surface area contributed by atoms with Crippen LogP contribution in [0.25, 0.3) is 11.1 Å². The van der Waals surface area contributed by atoms with Gasteiger partial charge in [-0.3, -0.25) is 14.5 Å². The fraction of sp³-hybridized carbons (Fsp3) is 0.348. The van der Waals surface area contributed by atoms with E-state index in [0.717, 1.165) is 0 Å².